The fourth-order valence-corrected chi connectivity index (χ4v) is 2.16. The topological polar surface area (TPSA) is 55.6 Å². The molecule has 0 aromatic rings. The lowest BCUT2D eigenvalue weighted by Gasteiger charge is -2.27. The Balaban J connectivity index is 2.60. The van der Waals surface area contributed by atoms with Gasteiger partial charge in [-0.25, -0.2) is 0 Å². The SMILES string of the molecule is CCN(CC(C)C(N)=S)C(=O)C1CCOC1C. The summed E-state index contributed by atoms with van der Waals surface area (Å²) in [5.74, 6) is 0.223. The summed E-state index contributed by atoms with van der Waals surface area (Å²) >= 11 is 4.94. The lowest BCUT2D eigenvalue weighted by atomic mass is 10.00. The van der Waals surface area contributed by atoms with Crippen LogP contribution in [0.1, 0.15) is 27.2 Å². The van der Waals surface area contributed by atoms with E-state index in [1.54, 1.807) is 0 Å². The van der Waals surface area contributed by atoms with Crippen LogP contribution in [-0.2, 0) is 9.53 Å². The van der Waals surface area contributed by atoms with Gasteiger partial charge >= 0.3 is 0 Å². The summed E-state index contributed by atoms with van der Waals surface area (Å²) in [5, 5.41) is 0. The van der Waals surface area contributed by atoms with E-state index in [2.05, 4.69) is 0 Å². The first-order valence-electron chi connectivity index (χ1n) is 6.17. The second-order valence-electron chi connectivity index (χ2n) is 4.65. The van der Waals surface area contributed by atoms with Gasteiger partial charge in [0.15, 0.2) is 0 Å². The number of nitrogens with zero attached hydrogens (tertiary/aromatic N) is 1. The smallest absolute Gasteiger partial charge is 0.228 e. The number of ether oxygens (including phenoxy) is 1. The molecule has 0 aliphatic carbocycles. The van der Waals surface area contributed by atoms with Crippen molar-refractivity contribution < 1.29 is 9.53 Å². The number of hydrogen-bond acceptors (Lipinski definition) is 3. The normalized spacial score (nSPS) is 25.6. The van der Waals surface area contributed by atoms with Crippen LogP contribution in [0.5, 0.6) is 0 Å². The van der Waals surface area contributed by atoms with Crippen molar-refractivity contribution in [1.29, 1.82) is 0 Å². The Morgan fingerprint density at radius 2 is 2.29 bits per heavy atom. The molecule has 1 saturated heterocycles. The van der Waals surface area contributed by atoms with Crippen molar-refractivity contribution in [3.63, 3.8) is 0 Å². The molecule has 1 aliphatic rings. The van der Waals surface area contributed by atoms with E-state index in [0.29, 0.717) is 24.7 Å². The van der Waals surface area contributed by atoms with Crippen molar-refractivity contribution in [3.05, 3.63) is 0 Å². The Morgan fingerprint density at radius 3 is 2.71 bits per heavy atom. The number of carbonyl (C=O) groups is 1. The van der Waals surface area contributed by atoms with Gasteiger partial charge in [-0.3, -0.25) is 4.79 Å². The maximum absolute atomic E-state index is 12.3. The average Bonchev–Trinajstić information content (AvgIpc) is 2.70. The van der Waals surface area contributed by atoms with E-state index in [1.165, 1.54) is 0 Å². The van der Waals surface area contributed by atoms with Crippen molar-refractivity contribution in [2.24, 2.45) is 17.6 Å². The van der Waals surface area contributed by atoms with Crippen LogP contribution in [0, 0.1) is 11.8 Å². The van der Waals surface area contributed by atoms with Crippen molar-refractivity contribution in [1.82, 2.24) is 4.90 Å². The molecule has 2 N–H and O–H groups in total. The Labute approximate surface area is 108 Å². The van der Waals surface area contributed by atoms with Crippen molar-refractivity contribution in [3.8, 4) is 0 Å². The predicted molar refractivity (Wildman–Crippen MR) is 71.7 cm³/mol. The molecular formula is C12H22N2O2S. The minimum absolute atomic E-state index is 0.00602. The molecule has 3 unspecified atom stereocenters. The van der Waals surface area contributed by atoms with E-state index in [-0.39, 0.29) is 23.8 Å². The summed E-state index contributed by atoms with van der Waals surface area (Å²) in [4.78, 5) is 14.6. The first-order valence-corrected chi connectivity index (χ1v) is 6.57. The third-order valence-electron chi connectivity index (χ3n) is 3.37. The molecule has 0 saturated carbocycles. The number of thiocarbonyl (C=S) groups is 1. The van der Waals surface area contributed by atoms with Gasteiger partial charge in [0.1, 0.15) is 0 Å². The average molecular weight is 258 g/mol. The number of nitrogens with two attached hydrogens (primary N) is 1. The molecule has 1 heterocycles. The molecule has 1 aliphatic heterocycles. The lowest BCUT2D eigenvalue weighted by Crippen LogP contribution is -2.42. The van der Waals surface area contributed by atoms with Crippen LogP contribution in [0.25, 0.3) is 0 Å². The van der Waals surface area contributed by atoms with Crippen LogP contribution in [-0.4, -0.2) is 41.6 Å². The Hall–Kier alpha value is -0.680. The van der Waals surface area contributed by atoms with Gasteiger partial charge in [-0.1, -0.05) is 19.1 Å². The molecule has 0 radical (unpaired) electrons. The molecule has 1 amide bonds. The zero-order valence-electron chi connectivity index (χ0n) is 10.8. The van der Waals surface area contributed by atoms with Gasteiger partial charge in [-0.2, -0.15) is 0 Å². The summed E-state index contributed by atoms with van der Waals surface area (Å²) in [7, 11) is 0. The Bertz CT molecular complexity index is 296. The lowest BCUT2D eigenvalue weighted by molar-refractivity contribution is -0.137. The minimum Gasteiger partial charge on any atom is -0.393 e. The van der Waals surface area contributed by atoms with E-state index in [9.17, 15) is 4.79 Å². The first kappa shape index (κ1) is 14.4. The molecule has 0 spiro atoms. The largest absolute Gasteiger partial charge is 0.393 e. The van der Waals surface area contributed by atoms with E-state index in [1.807, 2.05) is 25.7 Å². The Kier molecular flexibility index (Phi) is 5.33. The second kappa shape index (κ2) is 6.31. The maximum atomic E-state index is 12.3. The standard InChI is InChI=1S/C12H22N2O2S/c1-4-14(7-8(2)11(13)17)12(15)10-5-6-16-9(10)3/h8-10H,4-7H2,1-3H3,(H2,13,17). The van der Waals surface area contributed by atoms with E-state index in [0.717, 1.165) is 6.42 Å². The zero-order valence-corrected chi connectivity index (χ0v) is 11.6. The summed E-state index contributed by atoms with van der Waals surface area (Å²) < 4.78 is 5.44. The van der Waals surface area contributed by atoms with Crippen molar-refractivity contribution in [2.75, 3.05) is 19.7 Å². The fourth-order valence-electron chi connectivity index (χ4n) is 2.09. The van der Waals surface area contributed by atoms with Gasteiger partial charge in [-0.15, -0.1) is 0 Å². The maximum Gasteiger partial charge on any atom is 0.228 e. The highest BCUT2D eigenvalue weighted by molar-refractivity contribution is 7.80. The molecule has 5 heteroatoms. The minimum atomic E-state index is -0.00602. The van der Waals surface area contributed by atoms with Crippen LogP contribution >= 0.6 is 12.2 Å². The zero-order chi connectivity index (χ0) is 13.0. The van der Waals surface area contributed by atoms with Gasteiger partial charge in [0, 0.05) is 25.6 Å². The van der Waals surface area contributed by atoms with Crippen molar-refractivity contribution in [2.45, 2.75) is 33.3 Å². The third-order valence-corrected chi connectivity index (χ3v) is 3.77. The number of rotatable bonds is 5. The summed E-state index contributed by atoms with van der Waals surface area (Å²) in [5.41, 5.74) is 5.59. The Morgan fingerprint density at radius 1 is 1.65 bits per heavy atom. The van der Waals surface area contributed by atoms with E-state index >= 15 is 0 Å². The summed E-state index contributed by atoms with van der Waals surface area (Å²) in [6.45, 7) is 7.86. The van der Waals surface area contributed by atoms with E-state index < -0.39 is 0 Å². The molecule has 17 heavy (non-hydrogen) atoms. The highest BCUT2D eigenvalue weighted by Crippen LogP contribution is 2.23. The summed E-state index contributed by atoms with van der Waals surface area (Å²) in [6.07, 6.45) is 0.842. The predicted octanol–water partition coefficient (Wildman–Crippen LogP) is 1.18. The van der Waals surface area contributed by atoms with Crippen LogP contribution in [0.4, 0.5) is 0 Å². The monoisotopic (exact) mass is 258 g/mol. The molecule has 4 nitrogen and oxygen atoms in total. The molecule has 3 atom stereocenters. The summed E-state index contributed by atoms with van der Waals surface area (Å²) in [6, 6.07) is 0. The van der Waals surface area contributed by atoms with Gasteiger partial charge in [-0.05, 0) is 20.3 Å². The highest BCUT2D eigenvalue weighted by Gasteiger charge is 2.33. The molecule has 1 rings (SSSR count). The van der Waals surface area contributed by atoms with Gasteiger partial charge < -0.3 is 15.4 Å². The number of hydrogen-bond donors (Lipinski definition) is 1. The molecule has 1 fully saturated rings. The van der Waals surface area contributed by atoms with Crippen LogP contribution in [0.3, 0.4) is 0 Å². The number of carbonyl (C=O) groups excluding carboxylic acids is 1. The van der Waals surface area contributed by atoms with E-state index in [4.69, 9.17) is 22.7 Å². The fraction of sp³-hybridized carbons (Fsp3) is 0.833. The van der Waals surface area contributed by atoms with Gasteiger partial charge in [0.25, 0.3) is 0 Å². The second-order valence-corrected chi connectivity index (χ2v) is 5.12. The highest BCUT2D eigenvalue weighted by atomic mass is 32.1. The van der Waals surface area contributed by atoms with Crippen molar-refractivity contribution >= 4 is 23.1 Å². The number of amides is 1. The first-order chi connectivity index (χ1) is 7.97. The third kappa shape index (κ3) is 3.64. The molecule has 0 aromatic heterocycles. The van der Waals surface area contributed by atoms with Gasteiger partial charge in [0.05, 0.1) is 17.0 Å². The van der Waals surface area contributed by atoms with Gasteiger partial charge in [0.2, 0.25) is 5.91 Å². The molecule has 0 aromatic carbocycles. The van der Waals surface area contributed by atoms with Crippen LogP contribution < -0.4 is 5.73 Å². The molecule has 98 valence electrons. The molecular weight excluding hydrogens is 236 g/mol. The quantitative estimate of drug-likeness (QED) is 0.752. The van der Waals surface area contributed by atoms with Crippen LogP contribution in [0.15, 0.2) is 0 Å². The van der Waals surface area contributed by atoms with Crippen LogP contribution in [0.2, 0.25) is 0 Å². The molecule has 0 bridgehead atoms.